The molecule has 29 heavy (non-hydrogen) atoms. The number of aliphatic imine (C=N–C) groups is 1. The Labute approximate surface area is 170 Å². The second kappa shape index (κ2) is 11.3. The van der Waals surface area contributed by atoms with E-state index in [1.165, 1.54) is 30.6 Å². The molecule has 8 nitrogen and oxygen atoms in total. The first-order chi connectivity index (χ1) is 13.9. The molecule has 1 aromatic carbocycles. The van der Waals surface area contributed by atoms with E-state index in [1.54, 1.807) is 18.2 Å². The average molecular weight is 424 g/mol. The molecule has 0 amide bonds. The summed E-state index contributed by atoms with van der Waals surface area (Å²) < 4.78 is 45.4. The summed E-state index contributed by atoms with van der Waals surface area (Å²) in [7, 11) is -3.59. The molecular weight excluding hydrogens is 397 g/mol. The van der Waals surface area contributed by atoms with Crippen LogP contribution in [0.15, 0.2) is 58.7 Å². The summed E-state index contributed by atoms with van der Waals surface area (Å²) in [6.07, 6.45) is 2.59. The molecule has 0 saturated carbocycles. The van der Waals surface area contributed by atoms with Crippen LogP contribution < -0.4 is 20.1 Å². The Morgan fingerprint density at radius 3 is 2.62 bits per heavy atom. The number of nitrogens with zero attached hydrogens (tertiary/aromatic N) is 2. The zero-order valence-electron chi connectivity index (χ0n) is 16.4. The number of aromatic nitrogens is 1. The lowest BCUT2D eigenvalue weighted by Crippen LogP contribution is -2.42. The van der Waals surface area contributed by atoms with Crippen molar-refractivity contribution >= 4 is 16.0 Å². The molecule has 0 aliphatic rings. The van der Waals surface area contributed by atoms with Crippen molar-refractivity contribution < 1.29 is 17.5 Å². The number of pyridine rings is 1. The van der Waals surface area contributed by atoms with Gasteiger partial charge in [-0.3, -0.25) is 4.98 Å². The molecule has 1 atom stereocenters. The number of sulfonamides is 1. The van der Waals surface area contributed by atoms with Crippen molar-refractivity contribution in [1.82, 2.24) is 20.3 Å². The summed E-state index contributed by atoms with van der Waals surface area (Å²) in [6.45, 7) is 5.34. The normalized spacial score (nSPS) is 13.0. The monoisotopic (exact) mass is 423 g/mol. The minimum absolute atomic E-state index is 0.118. The van der Waals surface area contributed by atoms with Gasteiger partial charge in [-0.25, -0.2) is 22.5 Å². The van der Waals surface area contributed by atoms with Crippen LogP contribution in [0, 0.1) is 5.82 Å². The van der Waals surface area contributed by atoms with E-state index in [9.17, 15) is 12.8 Å². The number of rotatable bonds is 10. The van der Waals surface area contributed by atoms with Gasteiger partial charge >= 0.3 is 0 Å². The van der Waals surface area contributed by atoms with Crippen LogP contribution in [0.5, 0.6) is 5.75 Å². The molecule has 0 fully saturated rings. The maximum absolute atomic E-state index is 12.9. The summed E-state index contributed by atoms with van der Waals surface area (Å²) in [5.74, 6) is 0.792. The summed E-state index contributed by atoms with van der Waals surface area (Å²) in [6, 6.07) is 8.85. The van der Waals surface area contributed by atoms with Crippen molar-refractivity contribution in [2.24, 2.45) is 4.99 Å². The number of benzene rings is 1. The summed E-state index contributed by atoms with van der Waals surface area (Å²) in [5, 5.41) is 6.15. The maximum atomic E-state index is 12.9. The lowest BCUT2D eigenvalue weighted by atomic mass is 10.3. The third kappa shape index (κ3) is 8.04. The van der Waals surface area contributed by atoms with E-state index >= 15 is 0 Å². The van der Waals surface area contributed by atoms with Crippen LogP contribution in [0.25, 0.3) is 0 Å². The molecule has 2 rings (SSSR count). The van der Waals surface area contributed by atoms with Crippen molar-refractivity contribution in [3.8, 4) is 5.75 Å². The van der Waals surface area contributed by atoms with Gasteiger partial charge in [-0.15, -0.1) is 0 Å². The minimum Gasteiger partial charge on any atom is -0.489 e. The largest absolute Gasteiger partial charge is 0.489 e. The molecule has 10 heteroatoms. The second-order valence-corrected chi connectivity index (χ2v) is 7.88. The molecule has 1 unspecified atom stereocenters. The van der Waals surface area contributed by atoms with E-state index in [0.717, 1.165) is 0 Å². The molecule has 0 radical (unpaired) electrons. The molecule has 3 N–H and O–H groups in total. The number of ether oxygens (including phenoxy) is 1. The van der Waals surface area contributed by atoms with Gasteiger partial charge in [0, 0.05) is 32.0 Å². The Balaban J connectivity index is 1.80. The Morgan fingerprint density at radius 2 is 1.97 bits per heavy atom. The van der Waals surface area contributed by atoms with Gasteiger partial charge in [0.15, 0.2) is 5.96 Å². The van der Waals surface area contributed by atoms with E-state index in [2.05, 4.69) is 25.3 Å². The first kappa shape index (κ1) is 22.6. The number of hydrogen-bond acceptors (Lipinski definition) is 5. The van der Waals surface area contributed by atoms with E-state index in [0.29, 0.717) is 31.3 Å². The Hall–Kier alpha value is -2.72. The highest BCUT2D eigenvalue weighted by Gasteiger charge is 2.13. The fraction of sp³-hybridized carbons (Fsp3) is 0.368. The number of hydrogen-bond donors (Lipinski definition) is 3. The number of nitrogens with one attached hydrogen (secondary N) is 3. The average Bonchev–Trinajstić information content (AvgIpc) is 2.71. The fourth-order valence-electron chi connectivity index (χ4n) is 2.30. The topological polar surface area (TPSA) is 105 Å². The van der Waals surface area contributed by atoms with Crippen LogP contribution in [-0.4, -0.2) is 51.6 Å². The van der Waals surface area contributed by atoms with Crippen molar-refractivity contribution in [2.75, 3.05) is 26.2 Å². The van der Waals surface area contributed by atoms with E-state index < -0.39 is 10.0 Å². The molecule has 0 aliphatic heterocycles. The first-order valence-electron chi connectivity index (χ1n) is 9.25. The van der Waals surface area contributed by atoms with Crippen LogP contribution in [-0.2, 0) is 10.0 Å². The molecule has 0 bridgehead atoms. The molecule has 1 aromatic heterocycles. The van der Waals surface area contributed by atoms with Gasteiger partial charge in [-0.2, -0.15) is 0 Å². The van der Waals surface area contributed by atoms with E-state index in [1.807, 2.05) is 13.8 Å². The highest BCUT2D eigenvalue weighted by molar-refractivity contribution is 7.89. The van der Waals surface area contributed by atoms with Gasteiger partial charge in [-0.1, -0.05) is 0 Å². The smallest absolute Gasteiger partial charge is 0.242 e. The highest BCUT2D eigenvalue weighted by atomic mass is 32.2. The van der Waals surface area contributed by atoms with Crippen LogP contribution in [0.4, 0.5) is 4.39 Å². The molecule has 158 valence electrons. The SMILES string of the molecule is CCNC(=NCC(C)Oc1ccc(F)cc1)NCCNS(=O)(=O)c1cccnc1. The fourth-order valence-corrected chi connectivity index (χ4v) is 3.29. The van der Waals surface area contributed by atoms with Crippen molar-refractivity contribution in [3.05, 3.63) is 54.6 Å². The molecule has 1 heterocycles. The van der Waals surface area contributed by atoms with Gasteiger partial charge in [0.2, 0.25) is 10.0 Å². The Morgan fingerprint density at radius 1 is 1.21 bits per heavy atom. The Kier molecular flexibility index (Phi) is 8.81. The van der Waals surface area contributed by atoms with Gasteiger partial charge in [-0.05, 0) is 50.2 Å². The predicted octanol–water partition coefficient (Wildman–Crippen LogP) is 1.52. The molecule has 2 aromatic rings. The van der Waals surface area contributed by atoms with Crippen molar-refractivity contribution in [3.63, 3.8) is 0 Å². The van der Waals surface area contributed by atoms with Crippen molar-refractivity contribution in [1.29, 1.82) is 0 Å². The standard InChI is InChI=1S/C19H26FN5O3S/c1-3-22-19(24-13-15(2)28-17-8-6-16(20)7-9-17)23-11-12-25-29(26,27)18-5-4-10-21-14-18/h4-10,14-15,25H,3,11-13H2,1-2H3,(H2,22,23,24). The second-order valence-electron chi connectivity index (χ2n) is 6.12. The Bertz CT molecular complexity index is 876. The van der Waals surface area contributed by atoms with Gasteiger partial charge in [0.25, 0.3) is 0 Å². The lowest BCUT2D eigenvalue weighted by molar-refractivity contribution is 0.230. The third-order valence-electron chi connectivity index (χ3n) is 3.66. The summed E-state index contributed by atoms with van der Waals surface area (Å²) in [5.41, 5.74) is 0. The zero-order chi connectivity index (χ0) is 21.1. The van der Waals surface area contributed by atoms with Crippen molar-refractivity contribution in [2.45, 2.75) is 24.8 Å². The van der Waals surface area contributed by atoms with E-state index in [-0.39, 0.29) is 23.4 Å². The maximum Gasteiger partial charge on any atom is 0.242 e. The van der Waals surface area contributed by atoms with Gasteiger partial charge in [0.05, 0.1) is 6.54 Å². The van der Waals surface area contributed by atoms with Crippen LogP contribution in [0.2, 0.25) is 0 Å². The summed E-state index contributed by atoms with van der Waals surface area (Å²) in [4.78, 5) is 8.36. The number of halogens is 1. The quantitative estimate of drug-likeness (QED) is 0.304. The summed E-state index contributed by atoms with van der Waals surface area (Å²) >= 11 is 0. The third-order valence-corrected chi connectivity index (χ3v) is 5.10. The van der Waals surface area contributed by atoms with Crippen LogP contribution in [0.1, 0.15) is 13.8 Å². The highest BCUT2D eigenvalue weighted by Crippen LogP contribution is 2.13. The molecule has 0 spiro atoms. The molecule has 0 saturated heterocycles. The minimum atomic E-state index is -3.59. The number of guanidine groups is 1. The van der Waals surface area contributed by atoms with Crippen LogP contribution in [0.3, 0.4) is 0 Å². The van der Waals surface area contributed by atoms with Gasteiger partial charge < -0.3 is 15.4 Å². The van der Waals surface area contributed by atoms with Crippen LogP contribution >= 0.6 is 0 Å². The zero-order valence-corrected chi connectivity index (χ0v) is 17.2. The van der Waals surface area contributed by atoms with Gasteiger partial charge in [0.1, 0.15) is 22.6 Å². The molecular formula is C19H26FN5O3S. The first-order valence-corrected chi connectivity index (χ1v) is 10.7. The molecule has 0 aliphatic carbocycles. The lowest BCUT2D eigenvalue weighted by Gasteiger charge is -2.15. The van der Waals surface area contributed by atoms with E-state index in [4.69, 9.17) is 4.74 Å². The predicted molar refractivity (Wildman–Crippen MR) is 110 cm³/mol.